The summed E-state index contributed by atoms with van der Waals surface area (Å²) >= 11 is 0. The maximum atomic E-state index is 12.5. The van der Waals surface area contributed by atoms with Crippen LogP contribution in [0.3, 0.4) is 0 Å². The molecule has 3 rings (SSSR count). The van der Waals surface area contributed by atoms with Crippen LogP contribution in [0.25, 0.3) is 0 Å². The van der Waals surface area contributed by atoms with E-state index in [0.717, 1.165) is 11.3 Å². The molecule has 1 aliphatic carbocycles. The van der Waals surface area contributed by atoms with Gasteiger partial charge in [0.1, 0.15) is 17.2 Å². The predicted molar refractivity (Wildman–Crippen MR) is 109 cm³/mol. The molecule has 2 atom stereocenters. The van der Waals surface area contributed by atoms with Crippen molar-refractivity contribution in [1.29, 1.82) is 0 Å². The van der Waals surface area contributed by atoms with Crippen molar-refractivity contribution in [2.75, 3.05) is 33.2 Å². The molecule has 7 heteroatoms. The zero-order valence-corrected chi connectivity index (χ0v) is 16.9. The third-order valence-electron chi connectivity index (χ3n) is 5.02. The molecule has 1 fully saturated rings. The molecule has 1 saturated carbocycles. The smallest absolute Gasteiger partial charge is 0.228 e. The zero-order valence-electron chi connectivity index (χ0n) is 16.9. The van der Waals surface area contributed by atoms with Crippen molar-refractivity contribution < 1.29 is 23.8 Å². The first-order valence-corrected chi connectivity index (χ1v) is 9.50. The van der Waals surface area contributed by atoms with Gasteiger partial charge in [-0.3, -0.25) is 9.59 Å². The maximum absolute atomic E-state index is 12.5. The van der Waals surface area contributed by atoms with Gasteiger partial charge in [0.25, 0.3) is 0 Å². The first-order chi connectivity index (χ1) is 14.1. The highest BCUT2D eigenvalue weighted by atomic mass is 16.5. The van der Waals surface area contributed by atoms with Crippen molar-refractivity contribution in [3.8, 4) is 17.2 Å². The molecular weight excluding hydrogens is 372 g/mol. The van der Waals surface area contributed by atoms with Gasteiger partial charge in [-0.1, -0.05) is 18.2 Å². The Labute approximate surface area is 170 Å². The van der Waals surface area contributed by atoms with Gasteiger partial charge in [-0.2, -0.15) is 0 Å². The van der Waals surface area contributed by atoms with Gasteiger partial charge in [-0.15, -0.1) is 0 Å². The Morgan fingerprint density at radius 3 is 2.38 bits per heavy atom. The topological polar surface area (TPSA) is 85.9 Å². The monoisotopic (exact) mass is 398 g/mol. The van der Waals surface area contributed by atoms with Crippen LogP contribution in [0.5, 0.6) is 17.2 Å². The SMILES string of the molecule is COc1ccc(NC(=O)C2CC2C(=O)NCCc2ccccc2OC)c(OC)c1. The summed E-state index contributed by atoms with van der Waals surface area (Å²) in [7, 11) is 4.72. The highest BCUT2D eigenvalue weighted by Gasteiger charge is 2.48. The van der Waals surface area contributed by atoms with Gasteiger partial charge in [0, 0.05) is 12.6 Å². The van der Waals surface area contributed by atoms with Crippen LogP contribution in [0.15, 0.2) is 42.5 Å². The summed E-state index contributed by atoms with van der Waals surface area (Å²) in [5.74, 6) is 1.05. The lowest BCUT2D eigenvalue weighted by atomic mass is 10.1. The van der Waals surface area contributed by atoms with Gasteiger partial charge < -0.3 is 24.8 Å². The molecule has 7 nitrogen and oxygen atoms in total. The number of methoxy groups -OCH3 is 3. The lowest BCUT2D eigenvalue weighted by Gasteiger charge is -2.12. The lowest BCUT2D eigenvalue weighted by Crippen LogP contribution is -2.29. The van der Waals surface area contributed by atoms with Crippen LogP contribution < -0.4 is 24.8 Å². The highest BCUT2D eigenvalue weighted by Crippen LogP contribution is 2.40. The molecule has 154 valence electrons. The fourth-order valence-corrected chi connectivity index (χ4v) is 3.26. The largest absolute Gasteiger partial charge is 0.497 e. The number of amides is 2. The number of ether oxygens (including phenoxy) is 3. The minimum atomic E-state index is -0.326. The molecule has 0 saturated heterocycles. The third-order valence-corrected chi connectivity index (χ3v) is 5.02. The molecule has 1 aliphatic rings. The van der Waals surface area contributed by atoms with Crippen molar-refractivity contribution in [3.63, 3.8) is 0 Å². The summed E-state index contributed by atoms with van der Waals surface area (Å²) in [5.41, 5.74) is 1.59. The van der Waals surface area contributed by atoms with E-state index in [2.05, 4.69) is 10.6 Å². The van der Waals surface area contributed by atoms with E-state index in [9.17, 15) is 9.59 Å². The Morgan fingerprint density at radius 1 is 0.931 bits per heavy atom. The Morgan fingerprint density at radius 2 is 1.66 bits per heavy atom. The molecule has 2 aromatic rings. The van der Waals surface area contributed by atoms with Crippen LogP contribution in [0, 0.1) is 11.8 Å². The van der Waals surface area contributed by atoms with Crippen molar-refractivity contribution >= 4 is 17.5 Å². The minimum absolute atomic E-state index is 0.0956. The van der Waals surface area contributed by atoms with Crippen LogP contribution >= 0.6 is 0 Å². The van der Waals surface area contributed by atoms with Gasteiger partial charge in [0.15, 0.2) is 0 Å². The van der Waals surface area contributed by atoms with Gasteiger partial charge in [0.05, 0.1) is 38.9 Å². The molecule has 2 aromatic carbocycles. The van der Waals surface area contributed by atoms with E-state index in [1.165, 1.54) is 7.11 Å². The number of carbonyl (C=O) groups excluding carboxylic acids is 2. The third kappa shape index (κ3) is 4.99. The molecular formula is C22H26N2O5. The molecule has 0 radical (unpaired) electrons. The van der Waals surface area contributed by atoms with Crippen molar-refractivity contribution in [1.82, 2.24) is 5.32 Å². The normalized spacial score (nSPS) is 17.2. The summed E-state index contributed by atoms with van der Waals surface area (Å²) in [6, 6.07) is 12.9. The molecule has 29 heavy (non-hydrogen) atoms. The Bertz CT molecular complexity index is 883. The van der Waals surface area contributed by atoms with Crippen LogP contribution in [-0.2, 0) is 16.0 Å². The number of hydrogen-bond acceptors (Lipinski definition) is 5. The molecule has 2 N–H and O–H groups in total. The van der Waals surface area contributed by atoms with E-state index < -0.39 is 0 Å². The van der Waals surface area contributed by atoms with Crippen LogP contribution in [0.4, 0.5) is 5.69 Å². The van der Waals surface area contributed by atoms with Gasteiger partial charge in [-0.05, 0) is 36.6 Å². The first kappa shape index (κ1) is 20.5. The molecule has 0 bridgehead atoms. The van der Waals surface area contributed by atoms with Gasteiger partial charge in [0.2, 0.25) is 11.8 Å². The quantitative estimate of drug-likeness (QED) is 0.678. The van der Waals surface area contributed by atoms with Crippen molar-refractivity contribution in [2.24, 2.45) is 11.8 Å². The minimum Gasteiger partial charge on any atom is -0.497 e. The van der Waals surface area contributed by atoms with E-state index in [1.54, 1.807) is 32.4 Å². The number of para-hydroxylation sites is 1. The number of hydrogen-bond donors (Lipinski definition) is 2. The number of anilines is 1. The average Bonchev–Trinajstić information content (AvgIpc) is 3.55. The number of nitrogens with one attached hydrogen (secondary N) is 2. The summed E-state index contributed by atoms with van der Waals surface area (Å²) in [6.07, 6.45) is 1.22. The number of carbonyl (C=O) groups is 2. The zero-order chi connectivity index (χ0) is 20.8. The van der Waals surface area contributed by atoms with Crippen LogP contribution in [0.1, 0.15) is 12.0 Å². The average molecular weight is 398 g/mol. The second-order valence-corrected chi connectivity index (χ2v) is 6.86. The Hall–Kier alpha value is -3.22. The van der Waals surface area contributed by atoms with Crippen LogP contribution in [0.2, 0.25) is 0 Å². The summed E-state index contributed by atoms with van der Waals surface area (Å²) in [5, 5.41) is 5.76. The summed E-state index contributed by atoms with van der Waals surface area (Å²) < 4.78 is 15.8. The second kappa shape index (κ2) is 9.32. The Balaban J connectivity index is 1.49. The fraction of sp³-hybridized carbons (Fsp3) is 0.364. The van der Waals surface area contributed by atoms with Crippen molar-refractivity contribution in [3.05, 3.63) is 48.0 Å². The summed E-state index contributed by atoms with van der Waals surface area (Å²) in [4.78, 5) is 24.9. The number of benzene rings is 2. The highest BCUT2D eigenvalue weighted by molar-refractivity contribution is 6.00. The van der Waals surface area contributed by atoms with Gasteiger partial charge in [-0.25, -0.2) is 0 Å². The molecule has 0 heterocycles. The second-order valence-electron chi connectivity index (χ2n) is 6.86. The lowest BCUT2D eigenvalue weighted by molar-refractivity contribution is -0.125. The fourth-order valence-electron chi connectivity index (χ4n) is 3.26. The molecule has 0 aliphatic heterocycles. The standard InChI is InChI=1S/C22H26N2O5/c1-27-15-8-9-18(20(12-15)29-3)24-22(26)17-13-16(17)21(25)23-11-10-14-6-4-5-7-19(14)28-2/h4-9,12,16-17H,10-11,13H2,1-3H3,(H,23,25)(H,24,26). The van der Waals surface area contributed by atoms with E-state index in [1.807, 2.05) is 24.3 Å². The molecule has 0 spiro atoms. The number of rotatable bonds is 9. The predicted octanol–water partition coefficient (Wildman–Crippen LogP) is 2.65. The van der Waals surface area contributed by atoms with E-state index in [-0.39, 0.29) is 23.7 Å². The van der Waals surface area contributed by atoms with Crippen molar-refractivity contribution in [2.45, 2.75) is 12.8 Å². The summed E-state index contributed by atoms with van der Waals surface area (Å²) in [6.45, 7) is 0.496. The molecule has 0 aromatic heterocycles. The van der Waals surface area contributed by atoms with E-state index in [0.29, 0.717) is 36.6 Å². The Kier molecular flexibility index (Phi) is 6.59. The van der Waals surface area contributed by atoms with Crippen LogP contribution in [-0.4, -0.2) is 39.7 Å². The maximum Gasteiger partial charge on any atom is 0.228 e. The van der Waals surface area contributed by atoms with E-state index >= 15 is 0 Å². The first-order valence-electron chi connectivity index (χ1n) is 9.50. The molecule has 2 amide bonds. The van der Waals surface area contributed by atoms with Gasteiger partial charge >= 0.3 is 0 Å². The molecule has 2 unspecified atom stereocenters. The van der Waals surface area contributed by atoms with E-state index in [4.69, 9.17) is 14.2 Å².